The predicted octanol–water partition coefficient (Wildman–Crippen LogP) is 6.76. The zero-order valence-corrected chi connectivity index (χ0v) is 74.6. The number of likely N-dealkylation sites (N-methyl/N-ethyl adjacent to an activating group) is 2. The smallest absolute Gasteiger partial charge is 0.264 e. The first kappa shape index (κ1) is 92.7. The first-order valence-electron chi connectivity index (χ1n) is 42.6. The molecule has 34 heteroatoms. The highest BCUT2D eigenvalue weighted by molar-refractivity contribution is 7.92. The van der Waals surface area contributed by atoms with Gasteiger partial charge in [-0.2, -0.15) is 0 Å². The van der Waals surface area contributed by atoms with Gasteiger partial charge in [0.05, 0.1) is 58.4 Å². The Morgan fingerprint density at radius 2 is 0.914 bits per heavy atom. The van der Waals surface area contributed by atoms with Crippen molar-refractivity contribution in [3.8, 4) is 11.5 Å². The van der Waals surface area contributed by atoms with Crippen LogP contribution in [-0.4, -0.2) is 203 Å². The number of amides is 8. The van der Waals surface area contributed by atoms with E-state index in [9.17, 15) is 36.0 Å². The van der Waals surface area contributed by atoms with Gasteiger partial charge < -0.3 is 56.5 Å². The van der Waals surface area contributed by atoms with Gasteiger partial charge in [-0.1, -0.05) is 198 Å². The SMILES string of the molecule is CN[C@@H](C)C(=O)N[C@H](C(=O)N1C[C@@H]2C[C@H]1C(=O)N[C@@H](Cc1ccc3ccccc3c1)C(=O)C[C@H](C(=O)NS(=O)(=O)c1ccccc1)Cc1ccc(cc1)OCc1cn(nn1)[C@H]1C[C@@H](C(=O)N[C@@H](Cc3ccc4ccccc4c3)C(=O)N[C@H](C(=O)CS(=O)(=O)c3ccccc3)Cc3ccc(cc3)OCc3cn2nn3)N(C(=O)[C@@H](NC(=O)[C@H](C)NC)C(C)(C)C)C1)C(C)(C)C. The van der Waals surface area contributed by atoms with Gasteiger partial charge in [-0.25, -0.2) is 30.9 Å². The number of carbonyl (C=O) groups excluding carboxylic acids is 10. The second kappa shape index (κ2) is 40.0. The Morgan fingerprint density at radius 3 is 1.37 bits per heavy atom. The van der Waals surface area contributed by atoms with Crippen molar-refractivity contribution in [2.45, 2.75) is 190 Å². The number of benzene rings is 8. The van der Waals surface area contributed by atoms with E-state index in [1.165, 1.54) is 67.7 Å². The molecular formula is C94H108N16O16S2. The Balaban J connectivity index is 0.875. The summed E-state index contributed by atoms with van der Waals surface area (Å²) in [5, 5.41) is 41.7. The maximum absolute atomic E-state index is 15.7. The Kier molecular flexibility index (Phi) is 28.9. The predicted molar refractivity (Wildman–Crippen MR) is 477 cm³/mol. The van der Waals surface area contributed by atoms with E-state index in [1.807, 2.05) is 78.9 Å². The van der Waals surface area contributed by atoms with Gasteiger partial charge in [0.1, 0.15) is 72.1 Å². The third-order valence-corrected chi connectivity index (χ3v) is 26.7. The monoisotopic (exact) mass is 1780 g/mol. The summed E-state index contributed by atoms with van der Waals surface area (Å²) in [6, 6.07) is 41.1. The number of hydrogen-bond donors (Lipinski definition) is 8. The van der Waals surface area contributed by atoms with Gasteiger partial charge in [0, 0.05) is 44.7 Å². The number of fused-ring (bicyclic) bond motifs is 2. The number of sulfonamides is 1. The van der Waals surface area contributed by atoms with E-state index in [4.69, 9.17) is 9.47 Å². The van der Waals surface area contributed by atoms with E-state index in [-0.39, 0.29) is 74.6 Å². The van der Waals surface area contributed by atoms with Crippen molar-refractivity contribution in [3.05, 3.63) is 240 Å². The van der Waals surface area contributed by atoms with Crippen LogP contribution in [0.4, 0.5) is 0 Å². The van der Waals surface area contributed by atoms with Crippen LogP contribution in [0.5, 0.6) is 11.5 Å². The molecule has 0 spiro atoms. The fraction of sp³-hybridized carbons (Fsp3) is 0.383. The van der Waals surface area contributed by atoms with Crippen LogP contribution in [-0.2, 0) is 107 Å². The van der Waals surface area contributed by atoms with Crippen LogP contribution in [0.1, 0.15) is 120 Å². The fourth-order valence-electron chi connectivity index (χ4n) is 16.0. The molecule has 2 saturated heterocycles. The summed E-state index contributed by atoms with van der Waals surface area (Å²) in [5.41, 5.74) is 0.803. The highest BCUT2D eigenvalue weighted by atomic mass is 32.2. The molecule has 8 amide bonds. The maximum atomic E-state index is 15.7. The molecule has 0 radical (unpaired) electrons. The summed E-state index contributed by atoms with van der Waals surface area (Å²) in [6.07, 6.45) is 1.57. The lowest BCUT2D eigenvalue weighted by molar-refractivity contribution is -0.144. The van der Waals surface area contributed by atoms with Crippen LogP contribution in [0.25, 0.3) is 21.5 Å². The normalized spacial score (nSPS) is 20.5. The first-order valence-corrected chi connectivity index (χ1v) is 45.7. The minimum Gasteiger partial charge on any atom is -0.487 e. The number of sulfone groups is 1. The highest BCUT2D eigenvalue weighted by Crippen LogP contribution is 2.35. The summed E-state index contributed by atoms with van der Waals surface area (Å²) in [7, 11) is -5.67. The summed E-state index contributed by atoms with van der Waals surface area (Å²) >= 11 is 0. The van der Waals surface area contributed by atoms with Crippen LogP contribution >= 0.6 is 0 Å². The summed E-state index contributed by atoms with van der Waals surface area (Å²) < 4.78 is 74.3. The van der Waals surface area contributed by atoms with Gasteiger partial charge in [-0.05, 0) is 150 Å². The van der Waals surface area contributed by atoms with Crippen LogP contribution in [0.3, 0.4) is 0 Å². The molecule has 10 aromatic rings. The average molecular weight is 1780 g/mol. The molecule has 672 valence electrons. The van der Waals surface area contributed by atoms with E-state index in [1.54, 1.807) is 149 Å². The topological polar surface area (TPSA) is 422 Å². The number of nitrogens with zero attached hydrogens (tertiary/aromatic N) is 8. The van der Waals surface area contributed by atoms with Gasteiger partial charge in [-0.15, -0.1) is 10.2 Å². The third-order valence-electron chi connectivity index (χ3n) is 23.7. The lowest BCUT2D eigenvalue weighted by Crippen LogP contribution is -2.61. The molecular weight excluding hydrogens is 1670 g/mol. The van der Waals surface area contributed by atoms with E-state index in [0.29, 0.717) is 45.1 Å². The zero-order chi connectivity index (χ0) is 91.5. The molecule has 12 atom stereocenters. The Labute approximate surface area is 743 Å². The van der Waals surface area contributed by atoms with E-state index < -0.39 is 174 Å². The van der Waals surface area contributed by atoms with Crippen LogP contribution in [0.15, 0.2) is 216 Å². The molecule has 0 saturated carbocycles. The van der Waals surface area contributed by atoms with Crippen molar-refractivity contribution in [3.63, 3.8) is 0 Å². The first-order chi connectivity index (χ1) is 61.0. The van der Waals surface area contributed by atoms with Gasteiger partial charge in [0.25, 0.3) is 10.0 Å². The summed E-state index contributed by atoms with van der Waals surface area (Å²) in [4.78, 5) is 153. The van der Waals surface area contributed by atoms with E-state index >= 15 is 28.8 Å². The number of hydrogen-bond acceptors (Lipinski definition) is 22. The Bertz CT molecular complexity index is 5620. The van der Waals surface area contributed by atoms with E-state index in [2.05, 4.69) is 62.6 Å². The van der Waals surface area contributed by atoms with Crippen LogP contribution < -0.4 is 51.4 Å². The van der Waals surface area contributed by atoms with Crippen LogP contribution in [0, 0.1) is 16.7 Å². The molecule has 8 N–H and O–H groups in total. The lowest BCUT2D eigenvalue weighted by Gasteiger charge is -2.36. The molecule has 6 aliphatic heterocycles. The fourth-order valence-corrected chi connectivity index (χ4v) is 18.4. The molecule has 8 heterocycles. The molecule has 32 nitrogen and oxygen atoms in total. The summed E-state index contributed by atoms with van der Waals surface area (Å²) in [5.74, 6) is -9.07. The number of likely N-dealkylation sites (tertiary alicyclic amines) is 2. The quantitative estimate of drug-likeness (QED) is 0.0414. The molecule has 8 aromatic carbocycles. The Morgan fingerprint density at radius 1 is 0.492 bits per heavy atom. The van der Waals surface area contributed by atoms with Gasteiger partial charge in [-0.3, -0.25) is 47.9 Å². The Hall–Kier alpha value is -12.9. The average Bonchev–Trinajstić information content (AvgIpc) is 1.63. The number of rotatable bonds is 19. The molecule has 12 bridgehead atoms. The molecule has 6 aliphatic rings. The largest absolute Gasteiger partial charge is 0.487 e. The van der Waals surface area contributed by atoms with Crippen molar-refractivity contribution in [1.29, 1.82) is 0 Å². The van der Waals surface area contributed by atoms with E-state index in [0.717, 1.165) is 21.5 Å². The second-order valence-corrected chi connectivity index (χ2v) is 38.9. The number of ether oxygens (including phenoxy) is 2. The molecule has 128 heavy (non-hydrogen) atoms. The van der Waals surface area contributed by atoms with Gasteiger partial charge >= 0.3 is 0 Å². The molecule has 0 unspecified atom stereocenters. The van der Waals surface area contributed by atoms with Crippen molar-refractivity contribution >= 4 is 100 Å². The van der Waals surface area contributed by atoms with Crippen LogP contribution in [0.2, 0.25) is 0 Å². The third kappa shape index (κ3) is 22.9. The van der Waals surface area contributed by atoms with Gasteiger partial charge in [0.15, 0.2) is 21.4 Å². The van der Waals surface area contributed by atoms with Crippen molar-refractivity contribution in [2.24, 2.45) is 16.7 Å². The number of nitrogens with one attached hydrogen (secondary N) is 8. The number of carbonyl (C=O) groups is 10. The standard InChI is InChI=1S/C94H108N16O16S2/c1-57(95-9)85(113)100-83(93(3,4)5)91(119)107-52-70-48-79(107)89(117)98-76(45-61-29-35-63-21-17-19-23-65(63)42-61)81(111)47-67(87(115)104-128(123,124)75-27-15-12-16-28-75)41-59-31-37-72(38-32-59)125-54-68-51-110(106-102-68)71-49-80(108(53-71)92(120)84(94(6,7)8)101-86(114)58(2)96-10)90(118)99-78(46-62-30-36-64-22-18-20-24-66(64)43-62)88(116)97-77(82(112)56-127(121,122)74-25-13-11-14-26-74)44-60-33-39-73(40-34-60)126-55-69-50-109(70)105-103-69/h11-40,42-43,50-51,57-58,67,70-71,76-80,83-84,95-96H,41,44-49,52-56H2,1-10H3,(H,97,116)(H,98,117)(H,99,118)(H,100,113)(H,101,114)(H,104,115)/t57-,58-,67+,70-,71-,76-,77-,78-,79-,80-,83+,84+/m0/s1. The minimum absolute atomic E-state index is 0.0955. The highest BCUT2D eigenvalue weighted by Gasteiger charge is 2.49. The molecule has 16 rings (SSSR count). The lowest BCUT2D eigenvalue weighted by atomic mass is 9.85. The number of aromatic nitrogens is 6. The second-order valence-electron chi connectivity index (χ2n) is 35.2. The minimum atomic E-state index is -4.54. The molecule has 2 fully saturated rings. The number of Topliss-reactive ketones (excluding diaryl/α,β-unsaturated/α-hetero) is 2. The molecule has 2 aromatic heterocycles. The summed E-state index contributed by atoms with van der Waals surface area (Å²) in [6.45, 7) is 13.2. The maximum Gasteiger partial charge on any atom is 0.264 e. The van der Waals surface area contributed by atoms with Gasteiger partial charge in [0.2, 0.25) is 47.3 Å². The molecule has 0 aliphatic carbocycles. The van der Waals surface area contributed by atoms with Crippen molar-refractivity contribution in [1.82, 2.24) is 81.7 Å². The number of ketones is 2. The zero-order valence-electron chi connectivity index (χ0n) is 73.0. The van der Waals surface area contributed by atoms with Crippen molar-refractivity contribution < 1.29 is 74.3 Å². The van der Waals surface area contributed by atoms with Crippen molar-refractivity contribution in [2.75, 3.05) is 32.9 Å².